The van der Waals surface area contributed by atoms with Crippen LogP contribution in [-0.4, -0.2) is 24.9 Å². The molecule has 0 bridgehead atoms. The summed E-state index contributed by atoms with van der Waals surface area (Å²) in [6.45, 7) is 0. The lowest BCUT2D eigenvalue weighted by molar-refractivity contribution is -0.653. The predicted molar refractivity (Wildman–Crippen MR) is 80.7 cm³/mol. The summed E-state index contributed by atoms with van der Waals surface area (Å²) in [4.78, 5) is 12.1. The largest absolute Gasteiger partial charge is 0.471 e. The van der Waals surface area contributed by atoms with Crippen LogP contribution in [0.25, 0.3) is 0 Å². The Hall–Kier alpha value is -2.04. The van der Waals surface area contributed by atoms with Crippen LogP contribution in [0.1, 0.15) is 5.56 Å². The van der Waals surface area contributed by atoms with Crippen molar-refractivity contribution < 1.29 is 14.1 Å². The molecule has 1 aromatic carbocycles. The Balaban J connectivity index is 2.18. The van der Waals surface area contributed by atoms with Gasteiger partial charge in [-0.1, -0.05) is 41.7 Å². The van der Waals surface area contributed by atoms with Gasteiger partial charge in [-0.3, -0.25) is 13.9 Å². The molecule has 1 heterocycles. The zero-order valence-corrected chi connectivity index (χ0v) is 12.5. The van der Waals surface area contributed by atoms with Crippen LogP contribution in [0.5, 0.6) is 0 Å². The van der Waals surface area contributed by atoms with Crippen molar-refractivity contribution in [1.82, 2.24) is 4.57 Å². The molecule has 0 amide bonds. The average molecular weight is 272 g/mol. The maximum atomic E-state index is 12.1. The number of benzene rings is 1. The number of imidazole rings is 1. The molecule has 0 N–H and O–H groups in total. The lowest BCUT2D eigenvalue weighted by atomic mass is 9.61. The highest BCUT2D eigenvalue weighted by Gasteiger charge is 2.19. The number of aromatic nitrogens is 2. The SMILES string of the molecule is COC(=O)[C@@H]([BH2-]c1n(C)cc[n+]1C)Cc1ccccc1. The van der Waals surface area contributed by atoms with Crippen LogP contribution in [0.4, 0.5) is 0 Å². The van der Waals surface area contributed by atoms with Crippen molar-refractivity contribution in [3.8, 4) is 0 Å². The topological polar surface area (TPSA) is 35.1 Å². The lowest BCUT2D eigenvalue weighted by Crippen LogP contribution is -2.51. The molecular weight excluding hydrogens is 251 g/mol. The van der Waals surface area contributed by atoms with Crippen molar-refractivity contribution in [2.24, 2.45) is 14.1 Å². The van der Waals surface area contributed by atoms with Gasteiger partial charge in [0.05, 0.1) is 26.9 Å². The van der Waals surface area contributed by atoms with Crippen molar-refractivity contribution in [3.05, 3.63) is 48.3 Å². The minimum atomic E-state index is -0.621. The van der Waals surface area contributed by atoms with Crippen molar-refractivity contribution in [2.45, 2.75) is 12.2 Å². The minimum Gasteiger partial charge on any atom is -0.471 e. The fourth-order valence-electron chi connectivity index (χ4n) is 2.86. The molecule has 0 spiro atoms. The molecule has 1 aromatic heterocycles. The van der Waals surface area contributed by atoms with Crippen molar-refractivity contribution in [1.29, 1.82) is 0 Å². The van der Waals surface area contributed by atoms with Crippen molar-refractivity contribution in [2.75, 3.05) is 7.11 Å². The van der Waals surface area contributed by atoms with E-state index in [1.165, 1.54) is 18.4 Å². The van der Waals surface area contributed by atoms with Gasteiger partial charge in [0.15, 0.2) is 0 Å². The smallest absolute Gasteiger partial charge is 0.273 e. The first-order valence-corrected chi connectivity index (χ1v) is 7.05. The lowest BCUT2D eigenvalue weighted by Gasteiger charge is -2.18. The molecule has 0 unspecified atom stereocenters. The molecule has 1 atom stereocenters. The van der Waals surface area contributed by atoms with E-state index in [9.17, 15) is 4.79 Å². The highest BCUT2D eigenvalue weighted by Crippen LogP contribution is 2.14. The van der Waals surface area contributed by atoms with Gasteiger partial charge < -0.3 is 4.74 Å². The van der Waals surface area contributed by atoms with Gasteiger partial charge >= 0.3 is 0 Å². The first-order valence-electron chi connectivity index (χ1n) is 7.05. The summed E-state index contributed by atoms with van der Waals surface area (Å²) in [6, 6.07) is 10.1. The summed E-state index contributed by atoms with van der Waals surface area (Å²) >= 11 is 0. The second-order valence-corrected chi connectivity index (χ2v) is 5.47. The van der Waals surface area contributed by atoms with E-state index in [2.05, 4.69) is 21.3 Å². The number of methoxy groups -OCH3 is 1. The van der Waals surface area contributed by atoms with Crippen LogP contribution in [-0.2, 0) is 30.0 Å². The summed E-state index contributed by atoms with van der Waals surface area (Å²) in [6.07, 6.45) is 4.80. The number of hydrogen-bond donors (Lipinski definition) is 0. The number of hydrogen-bond acceptors (Lipinski definition) is 2. The van der Waals surface area contributed by atoms with Crippen LogP contribution in [0.15, 0.2) is 42.7 Å². The molecule has 0 saturated carbocycles. The van der Waals surface area contributed by atoms with Gasteiger partial charge in [0.25, 0.3) is 5.97 Å². The molecular formula is C15H21BN2O2. The molecule has 106 valence electrons. The molecule has 0 saturated heterocycles. The Kier molecular flexibility index (Phi) is 4.61. The molecule has 20 heavy (non-hydrogen) atoms. The molecule has 0 fully saturated rings. The fraction of sp³-hybridized carbons (Fsp3) is 0.333. The third kappa shape index (κ3) is 3.29. The predicted octanol–water partition coefficient (Wildman–Crippen LogP) is -0.152. The zero-order chi connectivity index (χ0) is 14.5. The first kappa shape index (κ1) is 14.4. The molecule has 2 rings (SSSR count). The van der Waals surface area contributed by atoms with Crippen LogP contribution >= 0.6 is 0 Å². The highest BCUT2D eigenvalue weighted by atomic mass is 16.5. The number of rotatable bonds is 5. The van der Waals surface area contributed by atoms with Gasteiger partial charge in [0, 0.05) is 0 Å². The number of esters is 1. The number of aryl methyl sites for hydroxylation is 2. The fourth-order valence-corrected chi connectivity index (χ4v) is 2.86. The van der Waals surface area contributed by atoms with Gasteiger partial charge in [-0.15, -0.1) is 0 Å². The van der Waals surface area contributed by atoms with Gasteiger partial charge in [-0.05, 0) is 6.42 Å². The maximum absolute atomic E-state index is 12.1. The molecule has 0 aliphatic carbocycles. The van der Waals surface area contributed by atoms with E-state index in [0.29, 0.717) is 0 Å². The van der Waals surface area contributed by atoms with Gasteiger partial charge in [-0.25, -0.2) is 0 Å². The molecule has 0 radical (unpaired) electrons. The summed E-state index contributed by atoms with van der Waals surface area (Å²) in [5.41, 5.74) is 2.42. The quantitative estimate of drug-likeness (QED) is 0.431. The molecule has 0 aliphatic heterocycles. The third-order valence-electron chi connectivity index (χ3n) is 4.13. The highest BCUT2D eigenvalue weighted by molar-refractivity contribution is 6.56. The van der Waals surface area contributed by atoms with Crippen LogP contribution in [0, 0.1) is 0 Å². The second kappa shape index (κ2) is 6.41. The molecule has 4 nitrogen and oxygen atoms in total. The zero-order valence-electron chi connectivity index (χ0n) is 12.5. The minimum absolute atomic E-state index is 0.0396. The number of nitrogens with zero attached hydrogens (tertiary/aromatic N) is 2. The monoisotopic (exact) mass is 272 g/mol. The Labute approximate surface area is 120 Å². The maximum Gasteiger partial charge on any atom is 0.273 e. The van der Waals surface area contributed by atoms with E-state index < -0.39 is 7.28 Å². The summed E-state index contributed by atoms with van der Waals surface area (Å²) in [5, 5.41) is 0. The number of carbonyl (C=O) groups is 1. The summed E-state index contributed by atoms with van der Waals surface area (Å²) in [5.74, 6) is -0.141. The summed E-state index contributed by atoms with van der Waals surface area (Å²) < 4.78 is 9.18. The average Bonchev–Trinajstić information content (AvgIpc) is 2.78. The van der Waals surface area contributed by atoms with Crippen molar-refractivity contribution >= 4 is 19.0 Å². The van der Waals surface area contributed by atoms with E-state index in [4.69, 9.17) is 4.74 Å². The van der Waals surface area contributed by atoms with Gasteiger partial charge in [0.2, 0.25) is 0 Å². The Morgan fingerprint density at radius 1 is 1.40 bits per heavy atom. The number of carbonyl (C=O) groups excluding carboxylic acids is 1. The van der Waals surface area contributed by atoms with E-state index in [1.807, 2.05) is 44.7 Å². The van der Waals surface area contributed by atoms with Crippen LogP contribution in [0.3, 0.4) is 0 Å². The van der Waals surface area contributed by atoms with Crippen LogP contribution in [0.2, 0.25) is 5.82 Å². The van der Waals surface area contributed by atoms with Crippen LogP contribution < -0.4 is 10.3 Å². The van der Waals surface area contributed by atoms with E-state index in [1.54, 1.807) is 0 Å². The Morgan fingerprint density at radius 2 is 2.10 bits per heavy atom. The molecule has 5 heteroatoms. The van der Waals surface area contributed by atoms with Crippen molar-refractivity contribution in [3.63, 3.8) is 0 Å². The van der Waals surface area contributed by atoms with Gasteiger partial charge in [0.1, 0.15) is 19.7 Å². The van der Waals surface area contributed by atoms with Gasteiger partial charge in [-0.2, -0.15) is 0 Å². The van der Waals surface area contributed by atoms with E-state index in [-0.39, 0.29) is 11.8 Å². The molecule has 0 aliphatic rings. The first-order chi connectivity index (χ1) is 9.61. The third-order valence-corrected chi connectivity index (χ3v) is 4.13. The normalized spacial score (nSPS) is 12.2. The standard InChI is InChI=1S/C15H21BN2O2/c1-17-9-10-18(2)15(17)16-13(14(19)20-3)11-12-7-5-4-6-8-12/h4-10,13H,11,16H2,1-3H3/t13-/m0/s1. The Morgan fingerprint density at radius 3 is 2.65 bits per heavy atom. The molecule has 2 aromatic rings. The van der Waals surface area contributed by atoms with E-state index in [0.717, 1.165) is 6.42 Å². The number of ether oxygens (including phenoxy) is 1. The summed E-state index contributed by atoms with van der Waals surface area (Å²) in [7, 11) is 4.90. The Bertz CT molecular complexity index is 561. The second-order valence-electron chi connectivity index (χ2n) is 5.47. The van der Waals surface area contributed by atoms with E-state index >= 15 is 0 Å².